The molecular weight excluding hydrogens is 480 g/mol. The van der Waals surface area contributed by atoms with Crippen LogP contribution in [0.3, 0.4) is 0 Å². The Hall–Kier alpha value is -3.60. The SMILES string of the molecule is CCOC(=O)c1[nH]c2ccc(F)cc2c1NC(=O)[C@H](C)N1CCN(c2cccc(C(F)(F)F)c2)CC1. The van der Waals surface area contributed by atoms with Crippen molar-refractivity contribution in [2.24, 2.45) is 0 Å². The van der Waals surface area contributed by atoms with Crippen LogP contribution in [-0.4, -0.2) is 60.6 Å². The summed E-state index contributed by atoms with van der Waals surface area (Å²) in [4.78, 5) is 32.2. The van der Waals surface area contributed by atoms with Crippen LogP contribution >= 0.6 is 0 Å². The molecule has 0 unspecified atom stereocenters. The number of ether oxygens (including phenoxy) is 1. The van der Waals surface area contributed by atoms with Gasteiger partial charge in [-0.25, -0.2) is 9.18 Å². The second-order valence-electron chi connectivity index (χ2n) is 8.52. The van der Waals surface area contributed by atoms with Gasteiger partial charge in [0.05, 0.1) is 23.9 Å². The van der Waals surface area contributed by atoms with Crippen LogP contribution in [0.2, 0.25) is 0 Å². The Balaban J connectivity index is 1.46. The van der Waals surface area contributed by atoms with Gasteiger partial charge in [-0.05, 0) is 50.2 Å². The number of amides is 1. The summed E-state index contributed by atoms with van der Waals surface area (Å²) in [6.45, 7) is 5.24. The minimum absolute atomic E-state index is 0.0207. The van der Waals surface area contributed by atoms with E-state index in [4.69, 9.17) is 4.74 Å². The molecule has 11 heteroatoms. The fraction of sp³-hybridized carbons (Fsp3) is 0.360. The lowest BCUT2D eigenvalue weighted by Gasteiger charge is -2.38. The normalized spacial score (nSPS) is 15.7. The van der Waals surface area contributed by atoms with E-state index in [1.807, 2.05) is 9.80 Å². The largest absolute Gasteiger partial charge is 0.461 e. The third-order valence-corrected chi connectivity index (χ3v) is 6.27. The Bertz CT molecular complexity index is 1270. The molecule has 0 saturated carbocycles. The predicted molar refractivity (Wildman–Crippen MR) is 128 cm³/mol. The number of fused-ring (bicyclic) bond motifs is 1. The molecule has 1 saturated heterocycles. The molecular formula is C25H26F4N4O3. The molecule has 0 radical (unpaired) electrons. The van der Waals surface area contributed by atoms with E-state index in [0.29, 0.717) is 42.8 Å². The summed E-state index contributed by atoms with van der Waals surface area (Å²) in [5, 5.41) is 3.09. The first kappa shape index (κ1) is 25.5. The number of nitrogens with one attached hydrogen (secondary N) is 2. The Morgan fingerprint density at radius 1 is 1.11 bits per heavy atom. The minimum Gasteiger partial charge on any atom is -0.461 e. The second-order valence-corrected chi connectivity index (χ2v) is 8.52. The minimum atomic E-state index is -4.42. The van der Waals surface area contributed by atoms with Gasteiger partial charge < -0.3 is 19.9 Å². The summed E-state index contributed by atoms with van der Waals surface area (Å²) in [6, 6.07) is 8.50. The molecule has 7 nitrogen and oxygen atoms in total. The van der Waals surface area contributed by atoms with Crippen LogP contribution in [0.4, 0.5) is 28.9 Å². The van der Waals surface area contributed by atoms with Crippen LogP contribution in [0.5, 0.6) is 0 Å². The number of hydrogen-bond acceptors (Lipinski definition) is 5. The molecule has 1 aliphatic rings. The first-order valence-electron chi connectivity index (χ1n) is 11.5. The zero-order valence-electron chi connectivity index (χ0n) is 19.8. The van der Waals surface area contributed by atoms with Crippen LogP contribution in [0.25, 0.3) is 10.9 Å². The Kier molecular flexibility index (Phi) is 7.21. The molecule has 2 N–H and O–H groups in total. The molecule has 192 valence electrons. The average Bonchev–Trinajstić information content (AvgIpc) is 3.21. The van der Waals surface area contributed by atoms with Crippen molar-refractivity contribution >= 4 is 34.2 Å². The molecule has 1 amide bonds. The average molecular weight is 507 g/mol. The van der Waals surface area contributed by atoms with E-state index in [0.717, 1.165) is 12.1 Å². The van der Waals surface area contributed by atoms with Crippen LogP contribution in [0.15, 0.2) is 42.5 Å². The van der Waals surface area contributed by atoms with Crippen LogP contribution in [0.1, 0.15) is 29.9 Å². The van der Waals surface area contributed by atoms with Crippen molar-refractivity contribution in [1.82, 2.24) is 9.88 Å². The lowest BCUT2D eigenvalue weighted by atomic mass is 10.1. The summed E-state index contributed by atoms with van der Waals surface area (Å²) in [5.74, 6) is -1.60. The molecule has 0 aliphatic carbocycles. The molecule has 2 aromatic carbocycles. The number of hydrogen-bond donors (Lipinski definition) is 2. The number of carbonyl (C=O) groups excluding carboxylic acids is 2. The fourth-order valence-corrected chi connectivity index (χ4v) is 4.29. The van der Waals surface area contributed by atoms with E-state index in [1.165, 1.54) is 24.3 Å². The Morgan fingerprint density at radius 3 is 2.50 bits per heavy atom. The molecule has 2 heterocycles. The van der Waals surface area contributed by atoms with E-state index < -0.39 is 35.5 Å². The molecule has 4 rings (SSSR count). The number of nitrogens with zero attached hydrogens (tertiary/aromatic N) is 2. The van der Waals surface area contributed by atoms with Gasteiger partial charge in [-0.1, -0.05) is 6.07 Å². The maximum Gasteiger partial charge on any atom is 0.416 e. The molecule has 0 spiro atoms. The molecule has 1 aromatic heterocycles. The van der Waals surface area contributed by atoms with Gasteiger partial charge in [-0.3, -0.25) is 9.69 Å². The van der Waals surface area contributed by atoms with Crippen LogP contribution in [0, 0.1) is 5.82 Å². The van der Waals surface area contributed by atoms with Gasteiger partial charge in [0, 0.05) is 42.8 Å². The van der Waals surface area contributed by atoms with Crippen molar-refractivity contribution < 1.29 is 31.9 Å². The highest BCUT2D eigenvalue weighted by Crippen LogP contribution is 2.32. The number of aromatic amines is 1. The summed E-state index contributed by atoms with van der Waals surface area (Å²) in [5.41, 5.74) is 0.399. The van der Waals surface area contributed by atoms with E-state index in [9.17, 15) is 27.2 Å². The Labute approximate surface area is 205 Å². The fourth-order valence-electron chi connectivity index (χ4n) is 4.29. The maximum absolute atomic E-state index is 13.9. The van der Waals surface area contributed by atoms with Crippen molar-refractivity contribution in [1.29, 1.82) is 0 Å². The van der Waals surface area contributed by atoms with E-state index >= 15 is 0 Å². The van der Waals surface area contributed by atoms with Gasteiger partial charge in [0.15, 0.2) is 0 Å². The number of carbonyl (C=O) groups is 2. The van der Waals surface area contributed by atoms with Crippen molar-refractivity contribution in [3.8, 4) is 0 Å². The summed E-state index contributed by atoms with van der Waals surface area (Å²) < 4.78 is 58.2. The van der Waals surface area contributed by atoms with Crippen molar-refractivity contribution in [3.63, 3.8) is 0 Å². The zero-order valence-corrected chi connectivity index (χ0v) is 19.8. The molecule has 1 fully saturated rings. The van der Waals surface area contributed by atoms with E-state index in [2.05, 4.69) is 10.3 Å². The summed E-state index contributed by atoms with van der Waals surface area (Å²) >= 11 is 0. The number of anilines is 2. The number of H-pyrrole nitrogens is 1. The van der Waals surface area contributed by atoms with E-state index in [1.54, 1.807) is 19.9 Å². The summed E-state index contributed by atoms with van der Waals surface area (Å²) in [6.07, 6.45) is -4.42. The lowest BCUT2D eigenvalue weighted by Crippen LogP contribution is -2.52. The number of aromatic nitrogens is 1. The number of esters is 1. The molecule has 1 atom stereocenters. The first-order valence-corrected chi connectivity index (χ1v) is 11.5. The van der Waals surface area contributed by atoms with Crippen molar-refractivity contribution in [2.75, 3.05) is 43.0 Å². The zero-order chi connectivity index (χ0) is 26.0. The Morgan fingerprint density at radius 2 is 1.83 bits per heavy atom. The van der Waals surface area contributed by atoms with Gasteiger partial charge in [0.2, 0.25) is 5.91 Å². The van der Waals surface area contributed by atoms with Gasteiger partial charge in [0.1, 0.15) is 11.5 Å². The van der Waals surface area contributed by atoms with Gasteiger partial charge in [0.25, 0.3) is 0 Å². The highest BCUT2D eigenvalue weighted by atomic mass is 19.4. The highest BCUT2D eigenvalue weighted by molar-refractivity contribution is 6.11. The predicted octanol–water partition coefficient (Wildman–Crippen LogP) is 4.65. The molecule has 0 bridgehead atoms. The maximum atomic E-state index is 13.9. The second kappa shape index (κ2) is 10.2. The number of alkyl halides is 3. The number of piperazine rings is 1. The van der Waals surface area contributed by atoms with Gasteiger partial charge in [-0.2, -0.15) is 13.2 Å². The van der Waals surface area contributed by atoms with Crippen molar-refractivity contribution in [2.45, 2.75) is 26.1 Å². The smallest absolute Gasteiger partial charge is 0.416 e. The van der Waals surface area contributed by atoms with E-state index in [-0.39, 0.29) is 18.0 Å². The highest BCUT2D eigenvalue weighted by Gasteiger charge is 2.32. The number of benzene rings is 2. The van der Waals surface area contributed by atoms with Gasteiger partial charge in [-0.15, -0.1) is 0 Å². The van der Waals surface area contributed by atoms with Crippen LogP contribution < -0.4 is 10.2 Å². The standard InChI is InChI=1S/C25H26F4N4O3/c1-3-36-24(35)22-21(19-14-17(26)7-8-20(19)30-22)31-23(34)15(2)32-9-11-33(12-10-32)18-6-4-5-16(13-18)25(27,28)29/h4-8,13-15,30H,3,9-12H2,1-2H3,(H,31,34)/t15-/m0/s1. The van der Waals surface area contributed by atoms with Crippen LogP contribution in [-0.2, 0) is 15.7 Å². The topological polar surface area (TPSA) is 77.7 Å². The molecule has 1 aliphatic heterocycles. The van der Waals surface area contributed by atoms with Crippen molar-refractivity contribution in [3.05, 3.63) is 59.5 Å². The third-order valence-electron chi connectivity index (χ3n) is 6.27. The summed E-state index contributed by atoms with van der Waals surface area (Å²) in [7, 11) is 0. The number of rotatable bonds is 6. The lowest BCUT2D eigenvalue weighted by molar-refractivity contribution is -0.137. The monoisotopic (exact) mass is 506 g/mol. The molecule has 36 heavy (non-hydrogen) atoms. The number of halogens is 4. The van der Waals surface area contributed by atoms with Gasteiger partial charge >= 0.3 is 12.1 Å². The quantitative estimate of drug-likeness (QED) is 0.376. The molecule has 3 aromatic rings. The first-order chi connectivity index (χ1) is 17.1. The third kappa shape index (κ3) is 5.30.